The van der Waals surface area contributed by atoms with Gasteiger partial charge in [0.15, 0.2) is 11.5 Å². The van der Waals surface area contributed by atoms with Crippen molar-refractivity contribution >= 4 is 11.9 Å². The quantitative estimate of drug-likeness (QED) is 0.625. The zero-order valence-corrected chi connectivity index (χ0v) is 18.1. The third-order valence-corrected chi connectivity index (χ3v) is 4.57. The third-order valence-electron chi connectivity index (χ3n) is 4.57. The second kappa shape index (κ2) is 11.8. The van der Waals surface area contributed by atoms with Gasteiger partial charge in [0.1, 0.15) is 6.61 Å². The van der Waals surface area contributed by atoms with E-state index in [0.29, 0.717) is 24.7 Å². The first-order chi connectivity index (χ1) is 14.4. The summed E-state index contributed by atoms with van der Waals surface area (Å²) in [5.41, 5.74) is 2.05. The van der Waals surface area contributed by atoms with Crippen LogP contribution < -0.4 is 20.1 Å². The monoisotopic (exact) mass is 413 g/mol. The average molecular weight is 414 g/mol. The number of rotatable bonds is 10. The van der Waals surface area contributed by atoms with Crippen LogP contribution in [-0.4, -0.2) is 43.6 Å². The summed E-state index contributed by atoms with van der Waals surface area (Å²) in [6, 6.07) is 15.2. The molecular formula is C23H31N3O4. The van der Waals surface area contributed by atoms with Gasteiger partial charge >= 0.3 is 6.03 Å². The molecule has 30 heavy (non-hydrogen) atoms. The van der Waals surface area contributed by atoms with E-state index in [4.69, 9.17) is 9.47 Å². The van der Waals surface area contributed by atoms with Crippen molar-refractivity contribution in [2.75, 3.05) is 20.7 Å². The van der Waals surface area contributed by atoms with Gasteiger partial charge in [0.25, 0.3) is 0 Å². The first-order valence-electron chi connectivity index (χ1n) is 10.0. The largest absolute Gasteiger partial charge is 0.493 e. The van der Waals surface area contributed by atoms with Gasteiger partial charge in [-0.05, 0) is 43.7 Å². The minimum atomic E-state index is -0.468. The van der Waals surface area contributed by atoms with E-state index in [1.807, 2.05) is 74.3 Å². The standard InChI is InChI=1S/C23H31N3O4/c1-5-17(2)24-23(28)25-22(27)15-26(3)14-19-11-12-20(21(13-19)29-4)30-16-18-9-7-6-8-10-18/h6-13,17H,5,14-16H2,1-4H3,(H2,24,25,27,28)/t17-/m1/s1. The molecule has 0 fully saturated rings. The molecule has 3 amide bonds. The number of urea groups is 1. The highest BCUT2D eigenvalue weighted by molar-refractivity contribution is 5.95. The van der Waals surface area contributed by atoms with Crippen LogP contribution >= 0.6 is 0 Å². The molecule has 2 aromatic rings. The lowest BCUT2D eigenvalue weighted by Gasteiger charge is -2.18. The molecule has 2 rings (SSSR count). The molecule has 2 N–H and O–H groups in total. The summed E-state index contributed by atoms with van der Waals surface area (Å²) >= 11 is 0. The predicted molar refractivity (Wildman–Crippen MR) is 117 cm³/mol. The van der Waals surface area contributed by atoms with Gasteiger partial charge in [-0.2, -0.15) is 0 Å². The number of carbonyl (C=O) groups excluding carboxylic acids is 2. The number of imide groups is 1. The molecule has 0 saturated carbocycles. The lowest BCUT2D eigenvalue weighted by Crippen LogP contribution is -2.46. The zero-order chi connectivity index (χ0) is 21.9. The van der Waals surface area contributed by atoms with Gasteiger partial charge < -0.3 is 14.8 Å². The Morgan fingerprint density at radius 2 is 1.80 bits per heavy atom. The topological polar surface area (TPSA) is 79.9 Å². The molecule has 2 aromatic carbocycles. The molecular weight excluding hydrogens is 382 g/mol. The fraction of sp³-hybridized carbons (Fsp3) is 0.391. The molecule has 7 nitrogen and oxygen atoms in total. The Balaban J connectivity index is 1.88. The Labute approximate surface area is 178 Å². The number of nitrogens with one attached hydrogen (secondary N) is 2. The van der Waals surface area contributed by atoms with Crippen LogP contribution in [0.4, 0.5) is 4.79 Å². The molecule has 1 atom stereocenters. The van der Waals surface area contributed by atoms with Gasteiger partial charge in [-0.15, -0.1) is 0 Å². The Hall–Kier alpha value is -3.06. The Kier molecular flexibility index (Phi) is 9.15. The molecule has 0 radical (unpaired) electrons. The molecule has 0 heterocycles. The molecule has 0 bridgehead atoms. The maximum absolute atomic E-state index is 12.1. The number of ether oxygens (including phenoxy) is 2. The normalized spacial score (nSPS) is 11.6. The lowest BCUT2D eigenvalue weighted by atomic mass is 10.2. The highest BCUT2D eigenvalue weighted by atomic mass is 16.5. The molecule has 0 aromatic heterocycles. The van der Waals surface area contributed by atoms with E-state index in [1.54, 1.807) is 7.11 Å². The highest BCUT2D eigenvalue weighted by Crippen LogP contribution is 2.29. The molecule has 0 saturated heterocycles. The van der Waals surface area contributed by atoms with Crippen molar-refractivity contribution in [2.45, 2.75) is 39.5 Å². The molecule has 0 spiro atoms. The van der Waals surface area contributed by atoms with Crippen molar-refractivity contribution in [3.05, 3.63) is 59.7 Å². The maximum atomic E-state index is 12.1. The summed E-state index contributed by atoms with van der Waals surface area (Å²) in [7, 11) is 3.42. The minimum Gasteiger partial charge on any atom is -0.493 e. The molecule has 0 aliphatic carbocycles. The summed E-state index contributed by atoms with van der Waals surface area (Å²) in [6.07, 6.45) is 0.800. The summed E-state index contributed by atoms with van der Waals surface area (Å²) in [5.74, 6) is 0.939. The molecule has 0 aliphatic heterocycles. The van der Waals surface area contributed by atoms with Crippen LogP contribution in [0, 0.1) is 0 Å². The van der Waals surface area contributed by atoms with Crippen LogP contribution in [0.1, 0.15) is 31.4 Å². The summed E-state index contributed by atoms with van der Waals surface area (Å²) in [4.78, 5) is 25.6. The smallest absolute Gasteiger partial charge is 0.321 e. The highest BCUT2D eigenvalue weighted by Gasteiger charge is 2.13. The van der Waals surface area contributed by atoms with Gasteiger partial charge in [0.2, 0.25) is 5.91 Å². The van der Waals surface area contributed by atoms with Gasteiger partial charge in [0.05, 0.1) is 13.7 Å². The second-order valence-electron chi connectivity index (χ2n) is 7.26. The number of benzene rings is 2. The van der Waals surface area contributed by atoms with Crippen molar-refractivity contribution in [3.8, 4) is 11.5 Å². The van der Waals surface area contributed by atoms with Crippen LogP contribution in [0.2, 0.25) is 0 Å². The van der Waals surface area contributed by atoms with Crippen LogP contribution in [0.3, 0.4) is 0 Å². The van der Waals surface area contributed by atoms with Crippen LogP contribution in [0.25, 0.3) is 0 Å². The summed E-state index contributed by atoms with van der Waals surface area (Å²) in [6.45, 7) is 4.93. The summed E-state index contributed by atoms with van der Waals surface area (Å²) in [5, 5.41) is 5.06. The van der Waals surface area contributed by atoms with E-state index < -0.39 is 6.03 Å². The lowest BCUT2D eigenvalue weighted by molar-refractivity contribution is -0.121. The number of hydrogen-bond donors (Lipinski definition) is 2. The average Bonchev–Trinajstić information content (AvgIpc) is 2.72. The summed E-state index contributed by atoms with van der Waals surface area (Å²) < 4.78 is 11.3. The van der Waals surface area contributed by atoms with E-state index in [0.717, 1.165) is 17.5 Å². The van der Waals surface area contributed by atoms with Crippen molar-refractivity contribution in [1.29, 1.82) is 0 Å². The van der Waals surface area contributed by atoms with E-state index in [2.05, 4.69) is 10.6 Å². The minimum absolute atomic E-state index is 0.0191. The zero-order valence-electron chi connectivity index (χ0n) is 18.1. The first kappa shape index (κ1) is 23.2. The Bertz CT molecular complexity index is 826. The third kappa shape index (κ3) is 7.75. The molecule has 162 valence electrons. The number of nitrogens with zero attached hydrogens (tertiary/aromatic N) is 1. The van der Waals surface area contributed by atoms with Crippen molar-refractivity contribution < 1.29 is 19.1 Å². The van der Waals surface area contributed by atoms with E-state index in [-0.39, 0.29) is 18.5 Å². The fourth-order valence-electron chi connectivity index (χ4n) is 2.81. The van der Waals surface area contributed by atoms with Crippen LogP contribution in [0.5, 0.6) is 11.5 Å². The Morgan fingerprint density at radius 1 is 1.07 bits per heavy atom. The van der Waals surface area contributed by atoms with Crippen LogP contribution in [-0.2, 0) is 17.9 Å². The molecule has 0 aliphatic rings. The second-order valence-corrected chi connectivity index (χ2v) is 7.26. The van der Waals surface area contributed by atoms with Crippen molar-refractivity contribution in [2.24, 2.45) is 0 Å². The number of methoxy groups -OCH3 is 1. The number of carbonyl (C=O) groups is 2. The molecule has 7 heteroatoms. The van der Waals surface area contributed by atoms with Gasteiger partial charge in [-0.3, -0.25) is 15.0 Å². The number of likely N-dealkylation sites (N-methyl/N-ethyl adjacent to an activating group) is 1. The van der Waals surface area contributed by atoms with Gasteiger partial charge in [0, 0.05) is 12.6 Å². The van der Waals surface area contributed by atoms with Crippen molar-refractivity contribution in [3.63, 3.8) is 0 Å². The van der Waals surface area contributed by atoms with Gasteiger partial charge in [-0.1, -0.05) is 43.3 Å². The van der Waals surface area contributed by atoms with E-state index in [1.165, 1.54) is 0 Å². The number of amides is 3. The SMILES string of the molecule is CC[C@@H](C)NC(=O)NC(=O)CN(C)Cc1ccc(OCc2ccccc2)c(OC)c1. The Morgan fingerprint density at radius 3 is 2.47 bits per heavy atom. The van der Waals surface area contributed by atoms with E-state index >= 15 is 0 Å². The van der Waals surface area contributed by atoms with Crippen LogP contribution in [0.15, 0.2) is 48.5 Å². The first-order valence-corrected chi connectivity index (χ1v) is 10.0. The number of hydrogen-bond acceptors (Lipinski definition) is 5. The van der Waals surface area contributed by atoms with E-state index in [9.17, 15) is 9.59 Å². The molecule has 0 unspecified atom stereocenters. The van der Waals surface area contributed by atoms with Crippen molar-refractivity contribution in [1.82, 2.24) is 15.5 Å². The maximum Gasteiger partial charge on any atom is 0.321 e. The fourth-order valence-corrected chi connectivity index (χ4v) is 2.81. The van der Waals surface area contributed by atoms with Gasteiger partial charge in [-0.25, -0.2) is 4.79 Å². The predicted octanol–water partition coefficient (Wildman–Crippen LogP) is 3.33.